The van der Waals surface area contributed by atoms with Crippen molar-refractivity contribution in [3.63, 3.8) is 0 Å². The van der Waals surface area contributed by atoms with Crippen LogP contribution in [0.2, 0.25) is 0 Å². The third-order valence-corrected chi connectivity index (χ3v) is 3.18. The number of aliphatic carboxylic acids is 1. The van der Waals surface area contributed by atoms with Gasteiger partial charge in [0.05, 0.1) is 6.54 Å². The highest BCUT2D eigenvalue weighted by Gasteiger charge is 2.22. The molecule has 1 aliphatic carbocycles. The molecule has 15 heavy (non-hydrogen) atoms. The van der Waals surface area contributed by atoms with Crippen molar-refractivity contribution in [2.75, 3.05) is 6.54 Å². The average Bonchev–Trinajstić information content (AvgIpc) is 2.57. The minimum Gasteiger partial charge on any atom is -0.480 e. The molecule has 0 bridgehead atoms. The van der Waals surface area contributed by atoms with E-state index in [2.05, 4.69) is 33.4 Å². The Morgan fingerprint density at radius 2 is 2.40 bits per heavy atom. The second-order valence-electron chi connectivity index (χ2n) is 3.71. The maximum Gasteiger partial charge on any atom is 0.317 e. The summed E-state index contributed by atoms with van der Waals surface area (Å²) in [5, 5.41) is 11.6. The van der Waals surface area contributed by atoms with Gasteiger partial charge in [0.25, 0.3) is 0 Å². The third-order valence-electron chi connectivity index (χ3n) is 2.68. The van der Waals surface area contributed by atoms with Crippen LogP contribution in [-0.2, 0) is 11.2 Å². The van der Waals surface area contributed by atoms with Crippen molar-refractivity contribution in [2.45, 2.75) is 18.9 Å². The standard InChI is InChI=1S/C11H12BrNO2/c12-8-2-3-9-7(5-8)1-4-10(9)13-6-11(14)15/h2-3,5,10,13H,1,4,6H2,(H,14,15). The summed E-state index contributed by atoms with van der Waals surface area (Å²) < 4.78 is 1.08. The summed E-state index contributed by atoms with van der Waals surface area (Å²) in [6, 6.07) is 6.37. The lowest BCUT2D eigenvalue weighted by atomic mass is 10.1. The molecule has 80 valence electrons. The molecular formula is C11H12BrNO2. The zero-order valence-electron chi connectivity index (χ0n) is 8.16. The minimum absolute atomic E-state index is 0.0279. The van der Waals surface area contributed by atoms with Gasteiger partial charge in [-0.05, 0) is 36.1 Å². The van der Waals surface area contributed by atoms with Crippen molar-refractivity contribution < 1.29 is 9.90 Å². The smallest absolute Gasteiger partial charge is 0.317 e. The van der Waals surface area contributed by atoms with Crippen LogP contribution in [0, 0.1) is 0 Å². The molecule has 0 heterocycles. The van der Waals surface area contributed by atoms with Crippen LogP contribution in [-0.4, -0.2) is 17.6 Å². The number of carboxylic acids is 1. The Labute approximate surface area is 96.6 Å². The van der Waals surface area contributed by atoms with E-state index in [-0.39, 0.29) is 12.6 Å². The SMILES string of the molecule is O=C(O)CNC1CCc2cc(Br)ccc21. The Balaban J connectivity index is 2.11. The van der Waals surface area contributed by atoms with Crippen molar-refractivity contribution in [1.82, 2.24) is 5.32 Å². The first kappa shape index (κ1) is 10.6. The Kier molecular flexibility index (Phi) is 3.07. The number of fused-ring (bicyclic) bond motifs is 1. The van der Waals surface area contributed by atoms with E-state index in [0.29, 0.717) is 0 Å². The fourth-order valence-electron chi connectivity index (χ4n) is 2.01. The van der Waals surface area contributed by atoms with E-state index < -0.39 is 5.97 Å². The topological polar surface area (TPSA) is 49.3 Å². The number of aryl methyl sites for hydroxylation is 1. The van der Waals surface area contributed by atoms with Gasteiger partial charge in [-0.25, -0.2) is 0 Å². The van der Waals surface area contributed by atoms with Crippen molar-refractivity contribution in [3.05, 3.63) is 33.8 Å². The first-order chi connectivity index (χ1) is 7.16. The zero-order valence-corrected chi connectivity index (χ0v) is 9.75. The van der Waals surface area contributed by atoms with Crippen LogP contribution in [0.4, 0.5) is 0 Å². The van der Waals surface area contributed by atoms with E-state index in [1.807, 2.05) is 6.07 Å². The van der Waals surface area contributed by atoms with Crippen LogP contribution in [0.3, 0.4) is 0 Å². The van der Waals surface area contributed by atoms with Crippen LogP contribution in [0.15, 0.2) is 22.7 Å². The normalized spacial score (nSPS) is 18.9. The number of hydrogen-bond acceptors (Lipinski definition) is 2. The second-order valence-corrected chi connectivity index (χ2v) is 4.62. The summed E-state index contributed by atoms with van der Waals surface area (Å²) in [6.07, 6.45) is 2.01. The first-order valence-corrected chi connectivity index (χ1v) is 5.69. The van der Waals surface area contributed by atoms with Crippen molar-refractivity contribution >= 4 is 21.9 Å². The Morgan fingerprint density at radius 1 is 1.60 bits per heavy atom. The van der Waals surface area contributed by atoms with Gasteiger partial charge in [0.15, 0.2) is 0 Å². The molecule has 1 aromatic carbocycles. The van der Waals surface area contributed by atoms with Crippen LogP contribution in [0.5, 0.6) is 0 Å². The van der Waals surface area contributed by atoms with Gasteiger partial charge >= 0.3 is 5.97 Å². The molecule has 0 saturated carbocycles. The first-order valence-electron chi connectivity index (χ1n) is 4.90. The van der Waals surface area contributed by atoms with E-state index in [1.54, 1.807) is 0 Å². The predicted molar refractivity (Wildman–Crippen MR) is 60.8 cm³/mol. The van der Waals surface area contributed by atoms with Crippen LogP contribution in [0.1, 0.15) is 23.6 Å². The van der Waals surface area contributed by atoms with Crippen LogP contribution >= 0.6 is 15.9 Å². The molecule has 1 unspecified atom stereocenters. The molecule has 2 rings (SSSR count). The Bertz CT molecular complexity index is 392. The van der Waals surface area contributed by atoms with E-state index in [9.17, 15) is 4.79 Å². The molecule has 0 amide bonds. The average molecular weight is 270 g/mol. The zero-order chi connectivity index (χ0) is 10.8. The molecule has 0 saturated heterocycles. The number of rotatable bonds is 3. The number of carboxylic acid groups (broad SMARTS) is 1. The number of benzene rings is 1. The van der Waals surface area contributed by atoms with E-state index in [1.165, 1.54) is 11.1 Å². The Morgan fingerprint density at radius 3 is 3.13 bits per heavy atom. The highest BCUT2D eigenvalue weighted by atomic mass is 79.9. The quantitative estimate of drug-likeness (QED) is 0.884. The van der Waals surface area contributed by atoms with Gasteiger partial charge in [-0.2, -0.15) is 0 Å². The van der Waals surface area contributed by atoms with Gasteiger partial charge in [0.1, 0.15) is 0 Å². The van der Waals surface area contributed by atoms with Gasteiger partial charge in [-0.1, -0.05) is 22.0 Å². The molecule has 4 heteroatoms. The molecule has 1 atom stereocenters. The second kappa shape index (κ2) is 4.33. The number of carbonyl (C=O) groups is 1. The van der Waals surface area contributed by atoms with Crippen molar-refractivity contribution in [3.8, 4) is 0 Å². The largest absolute Gasteiger partial charge is 0.480 e. The summed E-state index contributed by atoms with van der Waals surface area (Å²) in [5.41, 5.74) is 2.55. The van der Waals surface area contributed by atoms with Crippen molar-refractivity contribution in [1.29, 1.82) is 0 Å². The van der Waals surface area contributed by atoms with Gasteiger partial charge in [-0.3, -0.25) is 4.79 Å². The molecule has 0 fully saturated rings. The molecule has 3 nitrogen and oxygen atoms in total. The predicted octanol–water partition coefficient (Wildman–Crippen LogP) is 2.11. The molecule has 0 aromatic heterocycles. The lowest BCUT2D eigenvalue weighted by Gasteiger charge is -2.11. The highest BCUT2D eigenvalue weighted by Crippen LogP contribution is 2.32. The number of hydrogen-bond donors (Lipinski definition) is 2. The maximum absolute atomic E-state index is 10.5. The number of halogens is 1. The van der Waals surface area contributed by atoms with E-state index >= 15 is 0 Å². The summed E-state index contributed by atoms with van der Waals surface area (Å²) in [6.45, 7) is 0.0279. The third kappa shape index (κ3) is 2.38. The molecule has 2 N–H and O–H groups in total. The summed E-state index contributed by atoms with van der Waals surface area (Å²) in [7, 11) is 0. The minimum atomic E-state index is -0.805. The molecule has 0 aliphatic heterocycles. The van der Waals surface area contributed by atoms with Crippen LogP contribution in [0.25, 0.3) is 0 Å². The van der Waals surface area contributed by atoms with Gasteiger partial charge < -0.3 is 10.4 Å². The van der Waals surface area contributed by atoms with Gasteiger partial charge in [0, 0.05) is 10.5 Å². The Hall–Kier alpha value is -0.870. The van der Waals surface area contributed by atoms with Crippen LogP contribution < -0.4 is 5.32 Å². The monoisotopic (exact) mass is 269 g/mol. The summed E-state index contributed by atoms with van der Waals surface area (Å²) >= 11 is 3.43. The summed E-state index contributed by atoms with van der Waals surface area (Å²) in [5.74, 6) is -0.805. The molecule has 0 spiro atoms. The van der Waals surface area contributed by atoms with Gasteiger partial charge in [-0.15, -0.1) is 0 Å². The molecule has 0 radical (unpaired) electrons. The van der Waals surface area contributed by atoms with Gasteiger partial charge in [0.2, 0.25) is 0 Å². The maximum atomic E-state index is 10.5. The lowest BCUT2D eigenvalue weighted by molar-refractivity contribution is -0.136. The fourth-order valence-corrected chi connectivity index (χ4v) is 2.42. The molecule has 1 aromatic rings. The fraction of sp³-hybridized carbons (Fsp3) is 0.364. The van der Waals surface area contributed by atoms with E-state index in [4.69, 9.17) is 5.11 Å². The van der Waals surface area contributed by atoms with E-state index in [0.717, 1.165) is 17.3 Å². The highest BCUT2D eigenvalue weighted by molar-refractivity contribution is 9.10. The van der Waals surface area contributed by atoms with Crippen molar-refractivity contribution in [2.24, 2.45) is 0 Å². The molecular weight excluding hydrogens is 258 g/mol. The lowest BCUT2D eigenvalue weighted by Crippen LogP contribution is -2.25. The molecule has 1 aliphatic rings. The summed E-state index contributed by atoms with van der Waals surface area (Å²) in [4.78, 5) is 10.5. The number of nitrogens with one attached hydrogen (secondary N) is 1.